The molecule has 0 aliphatic heterocycles. The summed E-state index contributed by atoms with van der Waals surface area (Å²) in [5, 5.41) is 2.70. The Balaban J connectivity index is 0.00000361. The van der Waals surface area contributed by atoms with E-state index in [4.69, 9.17) is 19.9 Å². The molecule has 6 nitrogen and oxygen atoms in total. The number of rotatable bonds is 8. The summed E-state index contributed by atoms with van der Waals surface area (Å²) in [6, 6.07) is 6.36. The molecule has 0 spiro atoms. The average molecular weight is 305 g/mol. The van der Waals surface area contributed by atoms with Crippen LogP contribution in [0.15, 0.2) is 24.3 Å². The molecule has 0 heterocycles. The van der Waals surface area contributed by atoms with E-state index in [0.717, 1.165) is 5.75 Å². The number of nitrogens with one attached hydrogen (secondary N) is 1. The van der Waals surface area contributed by atoms with Crippen LogP contribution in [-0.2, 0) is 14.3 Å². The number of benzene rings is 1. The van der Waals surface area contributed by atoms with Gasteiger partial charge in [0.25, 0.3) is 0 Å². The number of ether oxygens (including phenoxy) is 3. The van der Waals surface area contributed by atoms with E-state index in [9.17, 15) is 4.79 Å². The van der Waals surface area contributed by atoms with Gasteiger partial charge < -0.3 is 25.3 Å². The van der Waals surface area contributed by atoms with Crippen LogP contribution in [0.1, 0.15) is 0 Å². The van der Waals surface area contributed by atoms with Gasteiger partial charge in [-0.1, -0.05) is 0 Å². The van der Waals surface area contributed by atoms with Gasteiger partial charge in [-0.15, -0.1) is 12.4 Å². The first-order valence-corrected chi connectivity index (χ1v) is 5.94. The van der Waals surface area contributed by atoms with Gasteiger partial charge in [0.15, 0.2) is 0 Å². The topological polar surface area (TPSA) is 82.8 Å². The van der Waals surface area contributed by atoms with Crippen molar-refractivity contribution in [3.63, 3.8) is 0 Å². The van der Waals surface area contributed by atoms with E-state index in [1.165, 1.54) is 7.11 Å². The van der Waals surface area contributed by atoms with Crippen molar-refractivity contribution in [2.75, 3.05) is 39.4 Å². The number of hydrogen-bond acceptors (Lipinski definition) is 5. The lowest BCUT2D eigenvalue weighted by atomic mass is 10.2. The second-order valence-corrected chi connectivity index (χ2v) is 3.92. The third kappa shape index (κ3) is 6.72. The van der Waals surface area contributed by atoms with Crippen LogP contribution in [0.3, 0.4) is 0 Å². The molecule has 1 rings (SSSR count). The fourth-order valence-electron chi connectivity index (χ4n) is 1.37. The first kappa shape index (κ1) is 18.7. The van der Waals surface area contributed by atoms with Gasteiger partial charge in [0.1, 0.15) is 18.4 Å². The van der Waals surface area contributed by atoms with Crippen molar-refractivity contribution < 1.29 is 19.0 Å². The van der Waals surface area contributed by atoms with Gasteiger partial charge in [-0.3, -0.25) is 4.79 Å². The van der Waals surface area contributed by atoms with E-state index in [1.807, 2.05) is 0 Å². The third-order valence-electron chi connectivity index (χ3n) is 2.36. The number of hydrogen-bond donors (Lipinski definition) is 2. The number of amides is 1. The molecular formula is C13H21ClN2O4. The Labute approximate surface area is 125 Å². The van der Waals surface area contributed by atoms with Crippen molar-refractivity contribution in [1.29, 1.82) is 0 Å². The molecule has 0 aliphatic rings. The molecule has 0 aliphatic carbocycles. The number of nitrogens with two attached hydrogens (primary N) is 1. The van der Waals surface area contributed by atoms with Crippen LogP contribution in [0.2, 0.25) is 0 Å². The van der Waals surface area contributed by atoms with Crippen LogP contribution in [0.5, 0.6) is 5.75 Å². The summed E-state index contributed by atoms with van der Waals surface area (Å²) in [5.74, 6) is 0.436. The quantitative estimate of drug-likeness (QED) is 0.701. The smallest absolute Gasteiger partial charge is 0.243 e. The molecule has 0 bridgehead atoms. The Kier molecular flexibility index (Phi) is 9.75. The standard InChI is InChI=1S/C13H20N2O4.ClH/c1-17-7-8-19-11-5-3-10(4-6-11)15-13(16)12(14)9-18-2;/h3-6,12H,7-9,14H2,1-2H3,(H,15,16);1H. The van der Waals surface area contributed by atoms with E-state index in [2.05, 4.69) is 5.32 Å². The fraction of sp³-hybridized carbons (Fsp3) is 0.462. The molecule has 1 aromatic carbocycles. The monoisotopic (exact) mass is 304 g/mol. The van der Waals surface area contributed by atoms with Crippen LogP contribution in [-0.4, -0.2) is 46.0 Å². The lowest BCUT2D eigenvalue weighted by Crippen LogP contribution is -2.39. The van der Waals surface area contributed by atoms with E-state index >= 15 is 0 Å². The number of carbonyl (C=O) groups is 1. The van der Waals surface area contributed by atoms with Gasteiger partial charge in [-0.2, -0.15) is 0 Å². The lowest BCUT2D eigenvalue weighted by Gasteiger charge is -2.11. The molecule has 7 heteroatoms. The minimum atomic E-state index is -0.678. The molecule has 1 aromatic rings. The van der Waals surface area contributed by atoms with Crippen molar-refractivity contribution in [1.82, 2.24) is 0 Å². The van der Waals surface area contributed by atoms with Crippen LogP contribution in [0.25, 0.3) is 0 Å². The first-order valence-electron chi connectivity index (χ1n) is 5.94. The van der Waals surface area contributed by atoms with Crippen molar-refractivity contribution in [3.8, 4) is 5.75 Å². The summed E-state index contributed by atoms with van der Waals surface area (Å²) in [6.07, 6.45) is 0. The van der Waals surface area contributed by atoms with Crippen LogP contribution < -0.4 is 15.8 Å². The second kappa shape index (κ2) is 10.4. The maximum atomic E-state index is 11.6. The predicted octanol–water partition coefficient (Wildman–Crippen LogP) is 1.05. The summed E-state index contributed by atoms with van der Waals surface area (Å²) < 4.78 is 15.1. The Morgan fingerprint density at radius 3 is 2.40 bits per heavy atom. The molecule has 1 atom stereocenters. The van der Waals surface area contributed by atoms with Gasteiger partial charge in [0, 0.05) is 19.9 Å². The van der Waals surface area contributed by atoms with Crippen molar-refractivity contribution >= 4 is 24.0 Å². The predicted molar refractivity (Wildman–Crippen MR) is 79.5 cm³/mol. The Morgan fingerprint density at radius 2 is 1.85 bits per heavy atom. The fourth-order valence-corrected chi connectivity index (χ4v) is 1.37. The van der Waals surface area contributed by atoms with Crippen molar-refractivity contribution in [2.24, 2.45) is 5.73 Å². The first-order chi connectivity index (χ1) is 9.17. The lowest BCUT2D eigenvalue weighted by molar-refractivity contribution is -0.118. The highest BCUT2D eigenvalue weighted by atomic mass is 35.5. The summed E-state index contributed by atoms with van der Waals surface area (Å²) >= 11 is 0. The zero-order valence-corrected chi connectivity index (χ0v) is 12.4. The maximum absolute atomic E-state index is 11.6. The molecule has 1 unspecified atom stereocenters. The van der Waals surface area contributed by atoms with E-state index in [0.29, 0.717) is 18.9 Å². The molecule has 3 N–H and O–H groups in total. The number of methoxy groups -OCH3 is 2. The van der Waals surface area contributed by atoms with Crippen molar-refractivity contribution in [2.45, 2.75) is 6.04 Å². The molecule has 0 saturated carbocycles. The largest absolute Gasteiger partial charge is 0.491 e. The van der Waals surface area contributed by atoms with Crippen LogP contribution >= 0.6 is 12.4 Å². The maximum Gasteiger partial charge on any atom is 0.243 e. The summed E-state index contributed by atoms with van der Waals surface area (Å²) in [5.41, 5.74) is 6.27. The molecule has 20 heavy (non-hydrogen) atoms. The van der Waals surface area contributed by atoms with Crippen molar-refractivity contribution in [3.05, 3.63) is 24.3 Å². The molecular weight excluding hydrogens is 284 g/mol. The molecule has 114 valence electrons. The third-order valence-corrected chi connectivity index (χ3v) is 2.36. The van der Waals surface area contributed by atoms with E-state index in [-0.39, 0.29) is 24.9 Å². The SMILES string of the molecule is COCCOc1ccc(NC(=O)C(N)COC)cc1.Cl. The van der Waals surface area contributed by atoms with Gasteiger partial charge in [0.2, 0.25) is 5.91 Å². The summed E-state index contributed by atoms with van der Waals surface area (Å²) in [6.45, 7) is 1.20. The normalized spacial score (nSPS) is 11.3. The minimum absolute atomic E-state index is 0. The van der Waals surface area contributed by atoms with Crippen LogP contribution in [0, 0.1) is 0 Å². The zero-order chi connectivity index (χ0) is 14.1. The second-order valence-electron chi connectivity index (χ2n) is 3.92. The molecule has 0 radical (unpaired) electrons. The highest BCUT2D eigenvalue weighted by molar-refractivity contribution is 5.94. The van der Waals surface area contributed by atoms with E-state index < -0.39 is 6.04 Å². The molecule has 0 saturated heterocycles. The summed E-state index contributed by atoms with van der Waals surface area (Å²) in [4.78, 5) is 11.6. The van der Waals surface area contributed by atoms with Crippen LogP contribution in [0.4, 0.5) is 5.69 Å². The van der Waals surface area contributed by atoms with Gasteiger partial charge in [0.05, 0.1) is 13.2 Å². The molecule has 1 amide bonds. The van der Waals surface area contributed by atoms with E-state index in [1.54, 1.807) is 31.4 Å². The zero-order valence-electron chi connectivity index (χ0n) is 11.6. The molecule has 0 aromatic heterocycles. The number of halogens is 1. The van der Waals surface area contributed by atoms with Gasteiger partial charge >= 0.3 is 0 Å². The number of anilines is 1. The summed E-state index contributed by atoms with van der Waals surface area (Å²) in [7, 11) is 3.12. The van der Waals surface area contributed by atoms with Gasteiger partial charge in [-0.25, -0.2) is 0 Å². The Bertz CT molecular complexity index is 386. The minimum Gasteiger partial charge on any atom is -0.491 e. The highest BCUT2D eigenvalue weighted by Crippen LogP contribution is 2.15. The van der Waals surface area contributed by atoms with Gasteiger partial charge in [-0.05, 0) is 24.3 Å². The molecule has 0 fully saturated rings. The average Bonchev–Trinajstić information content (AvgIpc) is 2.41. The highest BCUT2D eigenvalue weighted by Gasteiger charge is 2.12. The Hall–Kier alpha value is -1.34. The Morgan fingerprint density at radius 1 is 1.20 bits per heavy atom. The number of carbonyl (C=O) groups excluding carboxylic acids is 1.